The maximum Gasteiger partial charge on any atom is 0.242 e. The molecule has 202 valence electrons. The lowest BCUT2D eigenvalue weighted by atomic mass is 9.97. The average molecular weight is 514 g/mol. The molecule has 1 aliphatic rings. The van der Waals surface area contributed by atoms with E-state index in [-0.39, 0.29) is 30.3 Å². The molecule has 5 nitrogen and oxygen atoms in total. The molecule has 38 heavy (non-hydrogen) atoms. The molecule has 1 aromatic heterocycles. The van der Waals surface area contributed by atoms with E-state index < -0.39 is 0 Å². The minimum absolute atomic E-state index is 0.0114. The fourth-order valence-electron chi connectivity index (χ4n) is 5.16. The van der Waals surface area contributed by atoms with E-state index >= 15 is 0 Å². The largest absolute Gasteiger partial charge is 0.345 e. The maximum atomic E-state index is 13.9. The van der Waals surface area contributed by atoms with E-state index in [4.69, 9.17) is 0 Å². The summed E-state index contributed by atoms with van der Waals surface area (Å²) in [6, 6.07) is 23.0. The van der Waals surface area contributed by atoms with E-state index in [0.29, 0.717) is 13.1 Å². The van der Waals surface area contributed by atoms with Crippen molar-refractivity contribution in [2.45, 2.75) is 85.0 Å². The highest BCUT2D eigenvalue weighted by Gasteiger charge is 2.37. The van der Waals surface area contributed by atoms with Gasteiger partial charge in [0.2, 0.25) is 11.8 Å². The zero-order valence-electron chi connectivity index (χ0n) is 23.3. The predicted molar refractivity (Wildman–Crippen MR) is 153 cm³/mol. The second-order valence-corrected chi connectivity index (χ2v) is 10.7. The first-order valence-corrected chi connectivity index (χ1v) is 14.3. The van der Waals surface area contributed by atoms with Gasteiger partial charge in [-0.3, -0.25) is 9.59 Å². The van der Waals surface area contributed by atoms with Gasteiger partial charge >= 0.3 is 0 Å². The Kier molecular flexibility index (Phi) is 9.80. The molecule has 0 N–H and O–H groups in total. The van der Waals surface area contributed by atoms with E-state index in [0.717, 1.165) is 56.3 Å². The summed E-state index contributed by atoms with van der Waals surface area (Å²) in [6.45, 7) is 8.35. The van der Waals surface area contributed by atoms with Crippen molar-refractivity contribution in [3.8, 4) is 0 Å². The van der Waals surface area contributed by atoms with Crippen LogP contribution < -0.4 is 0 Å². The Hall–Kier alpha value is -3.34. The Morgan fingerprint density at radius 3 is 2.37 bits per heavy atom. The maximum absolute atomic E-state index is 13.9. The fourth-order valence-corrected chi connectivity index (χ4v) is 5.16. The van der Waals surface area contributed by atoms with Crippen LogP contribution in [0.25, 0.3) is 0 Å². The zero-order valence-corrected chi connectivity index (χ0v) is 23.3. The Morgan fingerprint density at radius 1 is 0.947 bits per heavy atom. The molecule has 1 saturated carbocycles. The van der Waals surface area contributed by atoms with Gasteiger partial charge < -0.3 is 14.4 Å². The van der Waals surface area contributed by atoms with Gasteiger partial charge in [-0.15, -0.1) is 0 Å². The summed E-state index contributed by atoms with van der Waals surface area (Å²) in [5, 5.41) is 0. The number of aryl methyl sites for hydroxylation is 1. The molecule has 0 bridgehead atoms. The molecule has 1 unspecified atom stereocenters. The van der Waals surface area contributed by atoms with Gasteiger partial charge in [0, 0.05) is 36.9 Å². The normalized spacial score (nSPS) is 13.8. The Balaban J connectivity index is 1.53. The monoisotopic (exact) mass is 513 g/mol. The highest BCUT2D eigenvalue weighted by Crippen LogP contribution is 2.30. The van der Waals surface area contributed by atoms with E-state index in [1.807, 2.05) is 28.0 Å². The van der Waals surface area contributed by atoms with Gasteiger partial charge in [-0.25, -0.2) is 0 Å². The van der Waals surface area contributed by atoms with Crippen LogP contribution in [0.2, 0.25) is 0 Å². The minimum atomic E-state index is 0.0114. The third-order valence-electron chi connectivity index (χ3n) is 7.77. The molecule has 1 fully saturated rings. The van der Waals surface area contributed by atoms with Gasteiger partial charge in [-0.2, -0.15) is 0 Å². The number of unbranched alkanes of at least 4 members (excludes halogenated alkanes) is 1. The minimum Gasteiger partial charge on any atom is -0.345 e. The molecule has 0 radical (unpaired) electrons. The van der Waals surface area contributed by atoms with Crippen molar-refractivity contribution in [1.29, 1.82) is 0 Å². The zero-order chi connectivity index (χ0) is 26.9. The van der Waals surface area contributed by atoms with Crippen LogP contribution in [0.5, 0.6) is 0 Å². The van der Waals surface area contributed by atoms with Crippen LogP contribution in [0.1, 0.15) is 74.8 Å². The van der Waals surface area contributed by atoms with E-state index in [9.17, 15) is 9.59 Å². The van der Waals surface area contributed by atoms with Crippen molar-refractivity contribution >= 4 is 11.8 Å². The molecule has 1 heterocycles. The van der Waals surface area contributed by atoms with Crippen molar-refractivity contribution in [3.63, 3.8) is 0 Å². The smallest absolute Gasteiger partial charge is 0.242 e. The number of carbonyl (C=O) groups excluding carboxylic acids is 2. The summed E-state index contributed by atoms with van der Waals surface area (Å²) in [4.78, 5) is 31.3. The Morgan fingerprint density at radius 2 is 1.68 bits per heavy atom. The van der Waals surface area contributed by atoms with Gasteiger partial charge in [0.05, 0.1) is 6.54 Å². The van der Waals surface area contributed by atoms with Crippen LogP contribution in [0, 0.1) is 12.8 Å². The molecule has 1 atom stereocenters. The topological polar surface area (TPSA) is 45.6 Å². The molecule has 0 spiro atoms. The molecule has 4 rings (SSSR count). The van der Waals surface area contributed by atoms with Crippen LogP contribution in [0.4, 0.5) is 0 Å². The summed E-state index contributed by atoms with van der Waals surface area (Å²) in [6.07, 6.45) is 7.96. The Labute approximate surface area is 228 Å². The molecule has 3 aromatic rings. The SMILES string of the molecule is CCCCC(CC)C(=O)N(CC(=O)N(Cc1ccccc1)Cc1cccn1Cc1ccccc1C)C1CC1. The van der Waals surface area contributed by atoms with E-state index in [2.05, 4.69) is 80.1 Å². The highest BCUT2D eigenvalue weighted by molar-refractivity contribution is 5.86. The van der Waals surface area contributed by atoms with Gasteiger partial charge in [0.15, 0.2) is 0 Å². The molecular weight excluding hydrogens is 470 g/mol. The van der Waals surface area contributed by atoms with E-state index in [1.54, 1.807) is 0 Å². The van der Waals surface area contributed by atoms with Crippen molar-refractivity contribution in [2.75, 3.05) is 6.54 Å². The van der Waals surface area contributed by atoms with Crippen molar-refractivity contribution in [3.05, 3.63) is 95.3 Å². The molecule has 0 aliphatic heterocycles. The summed E-state index contributed by atoms with van der Waals surface area (Å²) in [7, 11) is 0. The third kappa shape index (κ3) is 7.37. The summed E-state index contributed by atoms with van der Waals surface area (Å²) < 4.78 is 2.23. The lowest BCUT2D eigenvalue weighted by Crippen LogP contribution is -2.45. The number of amides is 2. The van der Waals surface area contributed by atoms with Crippen LogP contribution >= 0.6 is 0 Å². The lowest BCUT2D eigenvalue weighted by Gasteiger charge is -2.30. The first-order valence-electron chi connectivity index (χ1n) is 14.3. The number of hydrogen-bond donors (Lipinski definition) is 0. The van der Waals surface area contributed by atoms with Crippen molar-refractivity contribution in [1.82, 2.24) is 14.4 Å². The summed E-state index contributed by atoms with van der Waals surface area (Å²) >= 11 is 0. The highest BCUT2D eigenvalue weighted by atomic mass is 16.2. The molecule has 0 saturated heterocycles. The fraction of sp³-hybridized carbons (Fsp3) is 0.455. The van der Waals surface area contributed by atoms with Crippen molar-refractivity contribution in [2.24, 2.45) is 5.92 Å². The first-order chi connectivity index (χ1) is 18.5. The molecule has 1 aliphatic carbocycles. The average Bonchev–Trinajstić information content (AvgIpc) is 3.68. The van der Waals surface area contributed by atoms with Crippen LogP contribution in [0.3, 0.4) is 0 Å². The number of carbonyl (C=O) groups is 2. The van der Waals surface area contributed by atoms with Gasteiger partial charge in [0.1, 0.15) is 6.54 Å². The van der Waals surface area contributed by atoms with Crippen LogP contribution in [0.15, 0.2) is 72.9 Å². The van der Waals surface area contributed by atoms with Crippen molar-refractivity contribution < 1.29 is 9.59 Å². The first kappa shape index (κ1) is 27.7. The second-order valence-electron chi connectivity index (χ2n) is 10.7. The van der Waals surface area contributed by atoms with E-state index in [1.165, 1.54) is 11.1 Å². The van der Waals surface area contributed by atoms with Gasteiger partial charge in [-0.05, 0) is 61.4 Å². The number of aromatic nitrogens is 1. The van der Waals surface area contributed by atoms with Gasteiger partial charge in [0.25, 0.3) is 0 Å². The Bertz CT molecular complexity index is 1180. The third-order valence-corrected chi connectivity index (χ3v) is 7.77. The number of rotatable bonds is 14. The molecule has 2 aromatic carbocycles. The summed E-state index contributed by atoms with van der Waals surface area (Å²) in [5.74, 6) is 0.194. The number of benzene rings is 2. The summed E-state index contributed by atoms with van der Waals surface area (Å²) in [5.41, 5.74) is 4.72. The quantitative estimate of drug-likeness (QED) is 0.244. The number of hydrogen-bond acceptors (Lipinski definition) is 2. The lowest BCUT2D eigenvalue weighted by molar-refractivity contribution is -0.144. The second kappa shape index (κ2) is 13.5. The standard InChI is InChI=1S/C33H43N3O2/c1-4-6-16-28(5-2)33(38)36(30-19-20-30)25-32(37)35(22-27-14-8-7-9-15-27)24-31-18-12-21-34(31)23-29-17-11-10-13-26(29)3/h7-15,17-18,21,28,30H,4-6,16,19-20,22-25H2,1-3H3. The molecule has 5 heteroatoms. The van der Waals surface area contributed by atoms with Crippen LogP contribution in [-0.2, 0) is 29.2 Å². The predicted octanol–water partition coefficient (Wildman–Crippen LogP) is 6.58. The molecule has 2 amide bonds. The van der Waals surface area contributed by atoms with Crippen LogP contribution in [-0.4, -0.2) is 38.8 Å². The number of nitrogens with zero attached hydrogens (tertiary/aromatic N) is 3. The van der Waals surface area contributed by atoms with Gasteiger partial charge in [-0.1, -0.05) is 81.3 Å². The molecular formula is C33H43N3O2.